The molecule has 5 heteroatoms. The van der Waals surface area contributed by atoms with Crippen molar-refractivity contribution in [3.05, 3.63) is 71.6 Å². The molecule has 2 rings (SSSR count). The number of hydrogen-bond donors (Lipinski definition) is 2. The van der Waals surface area contributed by atoms with Gasteiger partial charge in [-0.15, -0.1) is 0 Å². The van der Waals surface area contributed by atoms with Crippen molar-refractivity contribution in [2.45, 2.75) is 6.54 Å². The van der Waals surface area contributed by atoms with Crippen LogP contribution in [0, 0.1) is 0 Å². The monoisotopic (exact) mass is 295 g/mol. The molecule has 0 aliphatic carbocycles. The zero-order chi connectivity index (χ0) is 15.8. The average molecular weight is 295 g/mol. The Bertz CT molecular complexity index is 664. The third kappa shape index (κ3) is 4.56. The van der Waals surface area contributed by atoms with Crippen LogP contribution in [-0.2, 0) is 11.3 Å². The topological polar surface area (TPSA) is 71.1 Å². The van der Waals surface area contributed by atoms with E-state index >= 15 is 0 Å². The first kappa shape index (κ1) is 15.4. The van der Waals surface area contributed by atoms with Crippen molar-refractivity contribution in [3.63, 3.8) is 0 Å². The second-order valence-corrected chi connectivity index (χ2v) is 4.61. The van der Waals surface area contributed by atoms with E-state index in [0.29, 0.717) is 12.1 Å². The van der Waals surface area contributed by atoms with E-state index in [9.17, 15) is 9.59 Å². The van der Waals surface area contributed by atoms with Crippen molar-refractivity contribution in [2.24, 2.45) is 0 Å². The molecule has 2 amide bonds. The largest absolute Gasteiger partial charge is 0.355 e. The first-order valence-corrected chi connectivity index (χ1v) is 6.86. The molecule has 22 heavy (non-hydrogen) atoms. The van der Waals surface area contributed by atoms with Crippen molar-refractivity contribution in [3.8, 4) is 0 Å². The van der Waals surface area contributed by atoms with Gasteiger partial charge in [-0.3, -0.25) is 14.6 Å². The van der Waals surface area contributed by atoms with Crippen LogP contribution < -0.4 is 10.6 Å². The molecule has 0 fully saturated rings. The maximum absolute atomic E-state index is 11.7. The molecule has 112 valence electrons. The number of rotatable bonds is 5. The van der Waals surface area contributed by atoms with E-state index in [0.717, 1.165) is 11.1 Å². The number of pyridine rings is 1. The summed E-state index contributed by atoms with van der Waals surface area (Å²) in [6.45, 7) is 0.437. The normalized spacial score (nSPS) is 10.4. The van der Waals surface area contributed by atoms with E-state index in [2.05, 4.69) is 15.6 Å². The summed E-state index contributed by atoms with van der Waals surface area (Å²) in [6, 6.07) is 10.7. The van der Waals surface area contributed by atoms with Crippen LogP contribution in [0.25, 0.3) is 6.08 Å². The molecule has 2 N–H and O–H groups in total. The van der Waals surface area contributed by atoms with Gasteiger partial charge in [-0.2, -0.15) is 0 Å². The first-order chi connectivity index (χ1) is 10.7. The maximum Gasteiger partial charge on any atom is 0.251 e. The lowest BCUT2D eigenvalue weighted by atomic mass is 10.1. The Morgan fingerprint density at radius 1 is 1.18 bits per heavy atom. The summed E-state index contributed by atoms with van der Waals surface area (Å²) in [7, 11) is 1.59. The molecule has 1 aromatic carbocycles. The summed E-state index contributed by atoms with van der Waals surface area (Å²) >= 11 is 0. The summed E-state index contributed by atoms with van der Waals surface area (Å²) < 4.78 is 0. The third-order valence-electron chi connectivity index (χ3n) is 3.02. The molecule has 0 atom stereocenters. The van der Waals surface area contributed by atoms with Gasteiger partial charge >= 0.3 is 0 Å². The van der Waals surface area contributed by atoms with Gasteiger partial charge in [0, 0.05) is 37.6 Å². The SMILES string of the molecule is CNC(=O)c1ccc(/C=C/C(=O)NCc2cccnc2)cc1. The molecular weight excluding hydrogens is 278 g/mol. The minimum atomic E-state index is -0.181. The fourth-order valence-electron chi connectivity index (χ4n) is 1.81. The summed E-state index contributed by atoms with van der Waals surface area (Å²) in [5.74, 6) is -0.316. The molecule has 2 aromatic rings. The zero-order valence-electron chi connectivity index (χ0n) is 12.2. The van der Waals surface area contributed by atoms with Gasteiger partial charge in [-0.25, -0.2) is 0 Å². The van der Waals surface area contributed by atoms with Crippen molar-refractivity contribution >= 4 is 17.9 Å². The van der Waals surface area contributed by atoms with Gasteiger partial charge in [-0.05, 0) is 35.4 Å². The van der Waals surface area contributed by atoms with Crippen LogP contribution in [0.2, 0.25) is 0 Å². The molecule has 0 spiro atoms. The Hall–Kier alpha value is -2.95. The summed E-state index contributed by atoms with van der Waals surface area (Å²) in [5.41, 5.74) is 2.38. The Labute approximate surface area is 129 Å². The standard InChI is InChI=1S/C17H17N3O2/c1-18-17(22)15-7-4-13(5-8-15)6-9-16(21)20-12-14-3-2-10-19-11-14/h2-11H,12H2,1H3,(H,18,22)(H,20,21)/b9-6+. The lowest BCUT2D eigenvalue weighted by molar-refractivity contribution is -0.116. The Kier molecular flexibility index (Phi) is 5.43. The van der Waals surface area contributed by atoms with Crippen LogP contribution in [0.1, 0.15) is 21.5 Å². The highest BCUT2D eigenvalue weighted by atomic mass is 16.2. The van der Waals surface area contributed by atoms with E-state index in [1.165, 1.54) is 6.08 Å². The Balaban J connectivity index is 1.88. The molecule has 0 saturated heterocycles. The molecule has 0 saturated carbocycles. The molecule has 0 aliphatic heterocycles. The highest BCUT2D eigenvalue weighted by molar-refractivity contribution is 5.94. The zero-order valence-corrected chi connectivity index (χ0v) is 12.2. The van der Waals surface area contributed by atoms with E-state index in [1.807, 2.05) is 12.1 Å². The Morgan fingerprint density at radius 3 is 2.59 bits per heavy atom. The Morgan fingerprint density at radius 2 is 1.95 bits per heavy atom. The summed E-state index contributed by atoms with van der Waals surface area (Å²) in [6.07, 6.45) is 6.56. The van der Waals surface area contributed by atoms with Gasteiger partial charge in [0.25, 0.3) is 5.91 Å². The minimum absolute atomic E-state index is 0.134. The van der Waals surface area contributed by atoms with Gasteiger partial charge < -0.3 is 10.6 Å². The molecule has 0 aliphatic rings. The molecule has 1 aromatic heterocycles. The number of benzene rings is 1. The number of hydrogen-bond acceptors (Lipinski definition) is 3. The van der Waals surface area contributed by atoms with Gasteiger partial charge in [-0.1, -0.05) is 18.2 Å². The lowest BCUT2D eigenvalue weighted by Crippen LogP contribution is -2.20. The number of amides is 2. The van der Waals surface area contributed by atoms with Crippen molar-refractivity contribution in [1.29, 1.82) is 0 Å². The van der Waals surface area contributed by atoms with Crippen LogP contribution in [0.4, 0.5) is 0 Å². The van der Waals surface area contributed by atoms with Crippen LogP contribution in [0.3, 0.4) is 0 Å². The fraction of sp³-hybridized carbons (Fsp3) is 0.118. The van der Waals surface area contributed by atoms with Crippen LogP contribution >= 0.6 is 0 Å². The summed E-state index contributed by atoms with van der Waals surface area (Å²) in [5, 5.41) is 5.34. The maximum atomic E-state index is 11.7. The van der Waals surface area contributed by atoms with Gasteiger partial charge in [0.05, 0.1) is 0 Å². The highest BCUT2D eigenvalue weighted by Crippen LogP contribution is 2.06. The van der Waals surface area contributed by atoms with Crippen LogP contribution in [-0.4, -0.2) is 23.8 Å². The number of nitrogens with zero attached hydrogens (tertiary/aromatic N) is 1. The fourth-order valence-corrected chi connectivity index (χ4v) is 1.81. The van der Waals surface area contributed by atoms with Gasteiger partial charge in [0.2, 0.25) is 5.91 Å². The smallest absolute Gasteiger partial charge is 0.251 e. The van der Waals surface area contributed by atoms with Crippen molar-refractivity contribution < 1.29 is 9.59 Å². The molecule has 0 unspecified atom stereocenters. The van der Waals surface area contributed by atoms with E-state index in [4.69, 9.17) is 0 Å². The van der Waals surface area contributed by atoms with Crippen molar-refractivity contribution in [1.82, 2.24) is 15.6 Å². The molecule has 0 bridgehead atoms. The predicted octanol–water partition coefficient (Wildman–Crippen LogP) is 1.77. The molecule has 1 heterocycles. The quantitative estimate of drug-likeness (QED) is 0.826. The van der Waals surface area contributed by atoms with Crippen LogP contribution in [0.5, 0.6) is 0 Å². The predicted molar refractivity (Wildman–Crippen MR) is 84.9 cm³/mol. The number of aromatic nitrogens is 1. The van der Waals surface area contributed by atoms with E-state index in [1.54, 1.807) is 49.8 Å². The first-order valence-electron chi connectivity index (χ1n) is 6.86. The molecular formula is C17H17N3O2. The highest BCUT2D eigenvalue weighted by Gasteiger charge is 2.01. The summed E-state index contributed by atoms with van der Waals surface area (Å²) in [4.78, 5) is 27.1. The second-order valence-electron chi connectivity index (χ2n) is 4.61. The third-order valence-corrected chi connectivity index (χ3v) is 3.02. The number of nitrogens with one attached hydrogen (secondary N) is 2. The van der Waals surface area contributed by atoms with Crippen molar-refractivity contribution in [2.75, 3.05) is 7.05 Å². The average Bonchev–Trinajstić information content (AvgIpc) is 2.58. The van der Waals surface area contributed by atoms with Gasteiger partial charge in [0.1, 0.15) is 0 Å². The van der Waals surface area contributed by atoms with Gasteiger partial charge in [0.15, 0.2) is 0 Å². The minimum Gasteiger partial charge on any atom is -0.355 e. The number of carbonyl (C=O) groups excluding carboxylic acids is 2. The lowest BCUT2D eigenvalue weighted by Gasteiger charge is -2.02. The number of carbonyl (C=O) groups is 2. The van der Waals surface area contributed by atoms with E-state index < -0.39 is 0 Å². The van der Waals surface area contributed by atoms with Crippen LogP contribution in [0.15, 0.2) is 54.9 Å². The second kappa shape index (κ2) is 7.73. The van der Waals surface area contributed by atoms with E-state index in [-0.39, 0.29) is 11.8 Å². The molecule has 0 radical (unpaired) electrons. The molecule has 5 nitrogen and oxygen atoms in total.